The molecule has 0 bridgehead atoms. The summed E-state index contributed by atoms with van der Waals surface area (Å²) in [6.07, 6.45) is 3.05. The number of phenols is 2. The summed E-state index contributed by atoms with van der Waals surface area (Å²) in [5, 5.41) is 33.6. The van der Waals surface area contributed by atoms with Crippen LogP contribution in [0.15, 0.2) is 34.5 Å². The standard InChI is InChI=1S/C18H16Cl4N4O2/c19-13-5-11(17(27)15(21)7-13)9-23-25-1-2-26(4-3-25)24-10-12-6-14(20)8-16(22)18(12)28/h5-10,27-28H,1-4H2/b23-9+,24-10+. The largest absolute Gasteiger partial charge is 0.506 e. The van der Waals surface area contributed by atoms with Gasteiger partial charge in [-0.2, -0.15) is 10.2 Å². The minimum atomic E-state index is -0.0574. The van der Waals surface area contributed by atoms with E-state index >= 15 is 0 Å². The summed E-state index contributed by atoms with van der Waals surface area (Å²) in [6, 6.07) is 6.12. The number of piperazine rings is 1. The second-order valence-corrected chi connectivity index (χ2v) is 7.73. The van der Waals surface area contributed by atoms with Crippen molar-refractivity contribution in [1.29, 1.82) is 0 Å². The maximum atomic E-state index is 9.97. The predicted octanol–water partition coefficient (Wildman–Crippen LogP) is 4.70. The number of hydrazone groups is 2. The highest BCUT2D eigenvalue weighted by Gasteiger charge is 2.14. The normalized spacial score (nSPS) is 15.1. The minimum Gasteiger partial charge on any atom is -0.506 e. The van der Waals surface area contributed by atoms with Gasteiger partial charge in [0.2, 0.25) is 0 Å². The van der Waals surface area contributed by atoms with Crippen LogP contribution in [0.25, 0.3) is 0 Å². The SMILES string of the molecule is Oc1c(Cl)cc(Cl)cc1/C=N/N1CCN(/N=C/c2cc(Cl)cc(Cl)c2O)CC1. The quantitative estimate of drug-likeness (QED) is 0.647. The first-order valence-electron chi connectivity index (χ1n) is 8.27. The van der Waals surface area contributed by atoms with E-state index in [-0.39, 0.29) is 21.5 Å². The third-order valence-electron chi connectivity index (χ3n) is 4.07. The lowest BCUT2D eigenvalue weighted by Crippen LogP contribution is -2.41. The third-order valence-corrected chi connectivity index (χ3v) is 5.08. The zero-order valence-corrected chi connectivity index (χ0v) is 17.5. The molecule has 28 heavy (non-hydrogen) atoms. The fourth-order valence-corrected chi connectivity index (χ4v) is 3.59. The van der Waals surface area contributed by atoms with E-state index in [0.717, 1.165) is 0 Å². The fourth-order valence-electron chi connectivity index (χ4n) is 2.57. The van der Waals surface area contributed by atoms with Gasteiger partial charge in [-0.15, -0.1) is 0 Å². The van der Waals surface area contributed by atoms with Gasteiger partial charge in [0.05, 0.1) is 48.7 Å². The van der Waals surface area contributed by atoms with E-state index in [1.54, 1.807) is 12.1 Å². The number of aromatic hydroxyl groups is 2. The summed E-state index contributed by atoms with van der Waals surface area (Å²) in [5.41, 5.74) is 0.900. The molecule has 0 unspecified atom stereocenters. The van der Waals surface area contributed by atoms with Crippen LogP contribution < -0.4 is 0 Å². The maximum Gasteiger partial charge on any atom is 0.143 e. The zero-order chi connectivity index (χ0) is 20.3. The highest BCUT2D eigenvalue weighted by molar-refractivity contribution is 6.36. The molecular weight excluding hydrogens is 446 g/mol. The zero-order valence-electron chi connectivity index (χ0n) is 14.5. The summed E-state index contributed by atoms with van der Waals surface area (Å²) in [5.74, 6) is -0.115. The van der Waals surface area contributed by atoms with Crippen LogP contribution in [0.4, 0.5) is 0 Å². The number of hydrogen-bond donors (Lipinski definition) is 2. The average Bonchev–Trinajstić information content (AvgIpc) is 2.66. The van der Waals surface area contributed by atoms with E-state index in [0.29, 0.717) is 47.4 Å². The van der Waals surface area contributed by atoms with Crippen molar-refractivity contribution in [3.63, 3.8) is 0 Å². The molecule has 1 saturated heterocycles. The molecule has 0 saturated carbocycles. The van der Waals surface area contributed by atoms with Gasteiger partial charge < -0.3 is 10.2 Å². The Morgan fingerprint density at radius 1 is 0.679 bits per heavy atom. The van der Waals surface area contributed by atoms with Crippen molar-refractivity contribution >= 4 is 58.8 Å². The Kier molecular flexibility index (Phi) is 6.78. The number of hydrogen-bond acceptors (Lipinski definition) is 6. The Hall–Kier alpha value is -1.86. The maximum absolute atomic E-state index is 9.97. The molecule has 3 rings (SSSR count). The lowest BCUT2D eigenvalue weighted by Gasteiger charge is -2.31. The highest BCUT2D eigenvalue weighted by Crippen LogP contribution is 2.31. The van der Waals surface area contributed by atoms with Gasteiger partial charge in [0.25, 0.3) is 0 Å². The number of nitrogens with zero attached hydrogens (tertiary/aromatic N) is 4. The molecule has 2 aromatic carbocycles. The summed E-state index contributed by atoms with van der Waals surface area (Å²) < 4.78 is 0. The molecule has 148 valence electrons. The van der Waals surface area contributed by atoms with Crippen LogP contribution in [0.3, 0.4) is 0 Å². The molecule has 1 aliphatic heterocycles. The number of benzene rings is 2. The summed E-state index contributed by atoms with van der Waals surface area (Å²) >= 11 is 23.7. The van der Waals surface area contributed by atoms with Crippen molar-refractivity contribution in [2.45, 2.75) is 0 Å². The summed E-state index contributed by atoms with van der Waals surface area (Å²) in [7, 11) is 0. The molecule has 0 aliphatic carbocycles. The Bertz CT molecular complexity index is 853. The van der Waals surface area contributed by atoms with Crippen LogP contribution in [-0.4, -0.2) is 58.8 Å². The molecule has 10 heteroatoms. The molecule has 2 aromatic rings. The minimum absolute atomic E-state index is 0.0574. The number of rotatable bonds is 4. The van der Waals surface area contributed by atoms with Crippen LogP contribution in [0.1, 0.15) is 11.1 Å². The van der Waals surface area contributed by atoms with Crippen LogP contribution in [-0.2, 0) is 0 Å². The lowest BCUT2D eigenvalue weighted by atomic mass is 10.2. The molecule has 1 heterocycles. The van der Waals surface area contributed by atoms with Crippen LogP contribution in [0, 0.1) is 0 Å². The van der Waals surface area contributed by atoms with Gasteiger partial charge in [-0.1, -0.05) is 46.4 Å². The first-order valence-corrected chi connectivity index (χ1v) is 9.78. The molecule has 1 fully saturated rings. The molecular formula is C18H16Cl4N4O2. The molecule has 0 spiro atoms. The lowest BCUT2D eigenvalue weighted by molar-refractivity contribution is 0.141. The number of phenolic OH excluding ortho intramolecular Hbond substituents is 2. The Morgan fingerprint density at radius 2 is 1.04 bits per heavy atom. The van der Waals surface area contributed by atoms with Gasteiger partial charge in [-0.3, -0.25) is 10.0 Å². The topological polar surface area (TPSA) is 71.7 Å². The van der Waals surface area contributed by atoms with Crippen molar-refractivity contribution in [3.8, 4) is 11.5 Å². The molecule has 0 aromatic heterocycles. The second kappa shape index (κ2) is 9.09. The Labute approximate surface area is 182 Å². The molecule has 0 atom stereocenters. The molecule has 6 nitrogen and oxygen atoms in total. The second-order valence-electron chi connectivity index (χ2n) is 6.05. The first kappa shape index (κ1) is 20.9. The summed E-state index contributed by atoms with van der Waals surface area (Å²) in [4.78, 5) is 0. The molecule has 1 aliphatic rings. The fraction of sp³-hybridized carbons (Fsp3) is 0.222. The van der Waals surface area contributed by atoms with Gasteiger partial charge in [-0.05, 0) is 24.3 Å². The van der Waals surface area contributed by atoms with Crippen molar-refractivity contribution in [3.05, 3.63) is 55.5 Å². The molecule has 0 radical (unpaired) electrons. The van der Waals surface area contributed by atoms with E-state index in [1.165, 1.54) is 24.6 Å². The highest BCUT2D eigenvalue weighted by atomic mass is 35.5. The van der Waals surface area contributed by atoms with Gasteiger partial charge in [0.15, 0.2) is 0 Å². The van der Waals surface area contributed by atoms with E-state index < -0.39 is 0 Å². The Morgan fingerprint density at radius 3 is 1.39 bits per heavy atom. The Balaban J connectivity index is 1.59. The van der Waals surface area contributed by atoms with Crippen LogP contribution >= 0.6 is 46.4 Å². The predicted molar refractivity (Wildman–Crippen MR) is 115 cm³/mol. The third kappa shape index (κ3) is 5.14. The molecule has 2 N–H and O–H groups in total. The van der Waals surface area contributed by atoms with Crippen molar-refractivity contribution < 1.29 is 10.2 Å². The van der Waals surface area contributed by atoms with E-state index in [2.05, 4.69) is 10.2 Å². The van der Waals surface area contributed by atoms with Gasteiger partial charge in [0.1, 0.15) is 11.5 Å². The van der Waals surface area contributed by atoms with Gasteiger partial charge >= 0.3 is 0 Å². The average molecular weight is 462 g/mol. The van der Waals surface area contributed by atoms with E-state index in [4.69, 9.17) is 46.4 Å². The van der Waals surface area contributed by atoms with Gasteiger partial charge in [-0.25, -0.2) is 0 Å². The smallest absolute Gasteiger partial charge is 0.143 e. The van der Waals surface area contributed by atoms with E-state index in [9.17, 15) is 10.2 Å². The van der Waals surface area contributed by atoms with Crippen molar-refractivity contribution in [2.75, 3.05) is 26.2 Å². The van der Waals surface area contributed by atoms with Crippen molar-refractivity contribution in [2.24, 2.45) is 10.2 Å². The monoisotopic (exact) mass is 460 g/mol. The first-order chi connectivity index (χ1) is 13.3. The van der Waals surface area contributed by atoms with Gasteiger partial charge in [0, 0.05) is 21.2 Å². The number of halogens is 4. The van der Waals surface area contributed by atoms with Crippen molar-refractivity contribution in [1.82, 2.24) is 10.0 Å². The molecule has 0 amide bonds. The van der Waals surface area contributed by atoms with E-state index in [1.807, 2.05) is 10.0 Å². The summed E-state index contributed by atoms with van der Waals surface area (Å²) in [6.45, 7) is 2.52. The van der Waals surface area contributed by atoms with Crippen LogP contribution in [0.5, 0.6) is 11.5 Å². The van der Waals surface area contributed by atoms with Crippen LogP contribution in [0.2, 0.25) is 20.1 Å².